The number of aryl methyl sites for hydroxylation is 1. The Hall–Kier alpha value is -3.45. The van der Waals surface area contributed by atoms with Gasteiger partial charge in [-0.25, -0.2) is 0 Å². The SMILES string of the molecule is O=C1CC(=O)C2/C=C3/CCN=C4c5cc6cncc-6c(cc5CCC4CO)C1=C2N=CCO3. The summed E-state index contributed by atoms with van der Waals surface area (Å²) in [5.41, 5.74) is 6.45. The standard InChI is InChI=1S/C26H23N3O4/c30-13-15-2-1-14-7-19-21-12-27-11-16(21)8-18(14)25(15)28-4-3-17-9-20-22(31)10-23(32)24(19)26(20)29-5-6-33-17/h5,7-9,11-12,15,20,30H,1-4,6,10,13H2/b17-9-,28-25?,29-5?. The summed E-state index contributed by atoms with van der Waals surface area (Å²) in [6.45, 7) is 0.774. The fourth-order valence-electron chi connectivity index (χ4n) is 5.35. The summed E-state index contributed by atoms with van der Waals surface area (Å²) in [6, 6.07) is 4.13. The van der Waals surface area contributed by atoms with Crippen molar-refractivity contribution in [3.8, 4) is 11.1 Å². The van der Waals surface area contributed by atoms with E-state index in [0.717, 1.165) is 46.4 Å². The number of aliphatic hydroxyl groups excluding tert-OH is 1. The number of aromatic nitrogens is 1. The highest BCUT2D eigenvalue weighted by molar-refractivity contribution is 6.31. The van der Waals surface area contributed by atoms with Crippen LogP contribution in [0.1, 0.15) is 36.0 Å². The van der Waals surface area contributed by atoms with E-state index in [4.69, 9.17) is 9.73 Å². The Kier molecular flexibility index (Phi) is 4.80. The van der Waals surface area contributed by atoms with Gasteiger partial charge in [-0.1, -0.05) is 0 Å². The Morgan fingerprint density at radius 1 is 1.09 bits per heavy atom. The number of aliphatic hydroxyl groups is 1. The van der Waals surface area contributed by atoms with Crippen LogP contribution in [-0.4, -0.2) is 53.3 Å². The molecule has 33 heavy (non-hydrogen) atoms. The van der Waals surface area contributed by atoms with Crippen molar-refractivity contribution in [1.82, 2.24) is 4.98 Å². The van der Waals surface area contributed by atoms with E-state index in [-0.39, 0.29) is 37.1 Å². The maximum Gasteiger partial charge on any atom is 0.172 e. The molecule has 3 aliphatic heterocycles. The third-order valence-corrected chi connectivity index (χ3v) is 6.98. The molecule has 0 amide bonds. The average Bonchev–Trinajstić information content (AvgIpc) is 3.18. The number of carbonyl (C=O) groups is 2. The molecule has 6 aliphatic rings. The van der Waals surface area contributed by atoms with Crippen LogP contribution in [0.5, 0.6) is 0 Å². The Labute approximate surface area is 191 Å². The van der Waals surface area contributed by atoms with E-state index in [1.807, 2.05) is 6.08 Å². The molecule has 6 rings (SSSR count). The van der Waals surface area contributed by atoms with Crippen LogP contribution in [0.25, 0.3) is 16.7 Å². The summed E-state index contributed by atoms with van der Waals surface area (Å²) in [7, 11) is 0. The number of ketones is 2. The van der Waals surface area contributed by atoms with E-state index in [9.17, 15) is 14.7 Å². The van der Waals surface area contributed by atoms with Gasteiger partial charge >= 0.3 is 0 Å². The molecule has 0 radical (unpaired) electrons. The third-order valence-electron chi connectivity index (χ3n) is 6.98. The zero-order valence-electron chi connectivity index (χ0n) is 18.1. The lowest BCUT2D eigenvalue weighted by Crippen LogP contribution is -2.28. The van der Waals surface area contributed by atoms with Gasteiger partial charge in [0.25, 0.3) is 0 Å². The number of Topliss-reactive ketones (excluding diaryl/α,β-unsaturated/α-hetero) is 2. The molecule has 7 nitrogen and oxygen atoms in total. The molecule has 0 aromatic rings. The monoisotopic (exact) mass is 441 g/mol. The second-order valence-corrected chi connectivity index (χ2v) is 8.91. The quantitative estimate of drug-likeness (QED) is 0.686. The fraction of sp³-hybridized carbons (Fsp3) is 0.346. The van der Waals surface area contributed by atoms with Crippen molar-refractivity contribution in [2.45, 2.75) is 25.7 Å². The molecule has 0 fully saturated rings. The fourth-order valence-corrected chi connectivity index (χ4v) is 5.35. The van der Waals surface area contributed by atoms with Crippen LogP contribution >= 0.6 is 0 Å². The third kappa shape index (κ3) is 3.26. The van der Waals surface area contributed by atoms with Crippen molar-refractivity contribution in [2.75, 3.05) is 19.8 Å². The Morgan fingerprint density at radius 2 is 2.00 bits per heavy atom. The topological polar surface area (TPSA) is 101 Å². The summed E-state index contributed by atoms with van der Waals surface area (Å²) in [5, 5.41) is 10.1. The molecule has 1 N–H and O–H groups in total. The molecule has 3 heterocycles. The number of carbonyl (C=O) groups excluding carboxylic acids is 2. The number of allylic oxidation sites excluding steroid dienone is 2. The first-order valence-corrected chi connectivity index (χ1v) is 11.4. The molecule has 166 valence electrons. The molecular weight excluding hydrogens is 418 g/mol. The van der Waals surface area contributed by atoms with Gasteiger partial charge in [-0.15, -0.1) is 0 Å². The Bertz CT molecular complexity index is 1290. The molecule has 8 bridgehead atoms. The zero-order chi connectivity index (χ0) is 22.5. The first kappa shape index (κ1) is 20.2. The van der Waals surface area contributed by atoms with Crippen molar-refractivity contribution in [3.05, 3.63) is 58.7 Å². The highest BCUT2D eigenvalue weighted by Crippen LogP contribution is 2.41. The van der Waals surface area contributed by atoms with E-state index < -0.39 is 5.92 Å². The molecule has 0 spiro atoms. The average molecular weight is 441 g/mol. The van der Waals surface area contributed by atoms with Gasteiger partial charge in [0.2, 0.25) is 0 Å². The first-order chi connectivity index (χ1) is 16.1. The minimum atomic E-state index is -0.629. The molecule has 0 aromatic carbocycles. The van der Waals surface area contributed by atoms with Crippen molar-refractivity contribution >= 4 is 29.1 Å². The Morgan fingerprint density at radius 3 is 2.88 bits per heavy atom. The number of fused-ring (bicyclic) bond motifs is 4. The van der Waals surface area contributed by atoms with Crippen molar-refractivity contribution in [3.63, 3.8) is 0 Å². The lowest BCUT2D eigenvalue weighted by atomic mass is 9.80. The molecular formula is C26H23N3O4. The second kappa shape index (κ2) is 7.85. The maximum atomic E-state index is 13.3. The van der Waals surface area contributed by atoms with Crippen LogP contribution < -0.4 is 0 Å². The van der Waals surface area contributed by atoms with Gasteiger partial charge in [0.1, 0.15) is 6.61 Å². The van der Waals surface area contributed by atoms with E-state index >= 15 is 0 Å². The summed E-state index contributed by atoms with van der Waals surface area (Å²) >= 11 is 0. The number of hydrogen-bond donors (Lipinski definition) is 1. The maximum absolute atomic E-state index is 13.3. The van der Waals surface area contributed by atoms with E-state index in [2.05, 4.69) is 22.1 Å². The predicted octanol–water partition coefficient (Wildman–Crippen LogP) is 2.79. The number of rotatable bonds is 1. The summed E-state index contributed by atoms with van der Waals surface area (Å²) in [4.78, 5) is 40.2. The highest BCUT2D eigenvalue weighted by atomic mass is 16.5. The normalized spacial score (nSPS) is 26.0. The number of ether oxygens (including phenoxy) is 1. The van der Waals surface area contributed by atoms with Crippen LogP contribution in [0.3, 0.4) is 0 Å². The van der Waals surface area contributed by atoms with E-state index in [1.165, 1.54) is 0 Å². The molecule has 0 saturated heterocycles. The number of hydrogen-bond acceptors (Lipinski definition) is 7. The number of nitrogens with zero attached hydrogens (tertiary/aromatic N) is 3. The van der Waals surface area contributed by atoms with Crippen LogP contribution in [-0.2, 0) is 20.7 Å². The van der Waals surface area contributed by atoms with Gasteiger partial charge in [0.05, 0.1) is 30.4 Å². The molecule has 7 heteroatoms. The molecule has 2 unspecified atom stereocenters. The molecule has 0 saturated carbocycles. The van der Waals surface area contributed by atoms with Crippen LogP contribution in [0.15, 0.2) is 52.0 Å². The lowest BCUT2D eigenvalue weighted by Gasteiger charge is -2.25. The smallest absolute Gasteiger partial charge is 0.172 e. The van der Waals surface area contributed by atoms with Crippen molar-refractivity contribution in [1.29, 1.82) is 0 Å². The minimum Gasteiger partial charge on any atom is -0.493 e. The zero-order valence-corrected chi connectivity index (χ0v) is 18.1. The largest absolute Gasteiger partial charge is 0.493 e. The highest BCUT2D eigenvalue weighted by Gasteiger charge is 2.37. The van der Waals surface area contributed by atoms with Gasteiger partial charge in [-0.05, 0) is 47.7 Å². The number of aliphatic imine (C=N–C) groups is 2. The molecule has 0 aromatic heterocycles. The summed E-state index contributed by atoms with van der Waals surface area (Å²) in [6.07, 6.45) is 8.93. The van der Waals surface area contributed by atoms with Crippen LogP contribution in [0, 0.1) is 11.8 Å². The van der Waals surface area contributed by atoms with Gasteiger partial charge in [-0.2, -0.15) is 0 Å². The second-order valence-electron chi connectivity index (χ2n) is 8.91. The van der Waals surface area contributed by atoms with Crippen molar-refractivity contribution in [2.24, 2.45) is 21.8 Å². The van der Waals surface area contributed by atoms with Gasteiger partial charge < -0.3 is 9.84 Å². The van der Waals surface area contributed by atoms with E-state index in [0.29, 0.717) is 30.0 Å². The Balaban J connectivity index is 1.73. The summed E-state index contributed by atoms with van der Waals surface area (Å²) < 4.78 is 5.86. The minimum absolute atomic E-state index is 0.0313. The van der Waals surface area contributed by atoms with E-state index in [1.54, 1.807) is 18.6 Å². The van der Waals surface area contributed by atoms with Gasteiger partial charge in [0, 0.05) is 59.9 Å². The molecule has 3 aliphatic carbocycles. The first-order valence-electron chi connectivity index (χ1n) is 11.4. The van der Waals surface area contributed by atoms with Crippen LogP contribution in [0.4, 0.5) is 0 Å². The van der Waals surface area contributed by atoms with Gasteiger partial charge in [0.15, 0.2) is 11.6 Å². The van der Waals surface area contributed by atoms with Crippen molar-refractivity contribution < 1.29 is 19.4 Å². The summed E-state index contributed by atoms with van der Waals surface area (Å²) in [5.74, 6) is -0.374. The predicted molar refractivity (Wildman–Crippen MR) is 123 cm³/mol. The molecule has 2 atom stereocenters. The lowest BCUT2D eigenvalue weighted by molar-refractivity contribution is -0.126. The van der Waals surface area contributed by atoms with Gasteiger partial charge in [-0.3, -0.25) is 24.6 Å². The van der Waals surface area contributed by atoms with Crippen LogP contribution in [0.2, 0.25) is 0 Å².